The van der Waals surface area contributed by atoms with Gasteiger partial charge in [-0.3, -0.25) is 4.90 Å². The lowest BCUT2D eigenvalue weighted by atomic mass is 9.92. The van der Waals surface area contributed by atoms with E-state index in [1.54, 1.807) is 7.11 Å². The van der Waals surface area contributed by atoms with Gasteiger partial charge in [0.15, 0.2) is 0 Å². The highest BCUT2D eigenvalue weighted by Gasteiger charge is 2.39. The molecule has 1 atom stereocenters. The van der Waals surface area contributed by atoms with Crippen LogP contribution in [0.1, 0.15) is 38.2 Å². The molecule has 2 fully saturated rings. The van der Waals surface area contributed by atoms with Gasteiger partial charge in [-0.2, -0.15) is 0 Å². The fourth-order valence-electron chi connectivity index (χ4n) is 3.74. The summed E-state index contributed by atoms with van der Waals surface area (Å²) < 4.78 is 5.50. The zero-order valence-corrected chi connectivity index (χ0v) is 12.7. The largest absolute Gasteiger partial charge is 0.496 e. The first-order valence-electron chi connectivity index (χ1n) is 7.83. The fourth-order valence-corrected chi connectivity index (χ4v) is 3.74. The summed E-state index contributed by atoms with van der Waals surface area (Å²) in [5.41, 5.74) is 1.69. The topological polar surface area (TPSA) is 24.5 Å². The third kappa shape index (κ3) is 2.70. The van der Waals surface area contributed by atoms with E-state index in [1.165, 1.54) is 37.8 Å². The van der Waals surface area contributed by atoms with Gasteiger partial charge in [-0.1, -0.05) is 31.0 Å². The molecule has 3 nitrogen and oxygen atoms in total. The van der Waals surface area contributed by atoms with E-state index in [1.807, 2.05) is 6.07 Å². The van der Waals surface area contributed by atoms with Gasteiger partial charge in [-0.15, -0.1) is 0 Å². The minimum atomic E-state index is 0.383. The van der Waals surface area contributed by atoms with E-state index in [0.29, 0.717) is 11.6 Å². The number of para-hydroxylation sites is 1. The molecular weight excluding hydrogens is 248 g/mol. The summed E-state index contributed by atoms with van der Waals surface area (Å²) in [5, 5.41) is 3.82. The van der Waals surface area contributed by atoms with Gasteiger partial charge in [0.1, 0.15) is 5.75 Å². The maximum Gasteiger partial charge on any atom is 0.123 e. The zero-order valence-electron chi connectivity index (χ0n) is 12.7. The van der Waals surface area contributed by atoms with E-state index in [0.717, 1.165) is 18.8 Å². The van der Waals surface area contributed by atoms with Crippen molar-refractivity contribution in [1.29, 1.82) is 0 Å². The third-order valence-electron chi connectivity index (χ3n) is 5.03. The molecule has 1 saturated carbocycles. The number of methoxy groups -OCH3 is 1. The Bertz CT molecular complexity index is 454. The standard InChI is InChI=1S/C17H26N2O/c1-14-11-18-17(9-5-6-10-17)13-19(14)12-15-7-3-4-8-16(15)20-2/h3-4,7-8,14,18H,5-6,9-13H2,1-2H3. The summed E-state index contributed by atoms with van der Waals surface area (Å²) in [7, 11) is 1.76. The number of hydrogen-bond acceptors (Lipinski definition) is 3. The summed E-state index contributed by atoms with van der Waals surface area (Å²) in [4.78, 5) is 2.62. The Labute approximate surface area is 122 Å². The van der Waals surface area contributed by atoms with Gasteiger partial charge in [0.2, 0.25) is 0 Å². The number of ether oxygens (including phenoxy) is 1. The Morgan fingerprint density at radius 1 is 1.30 bits per heavy atom. The van der Waals surface area contributed by atoms with Crippen molar-refractivity contribution in [2.75, 3.05) is 20.2 Å². The molecule has 3 rings (SSSR count). The molecule has 3 heteroatoms. The van der Waals surface area contributed by atoms with Gasteiger partial charge in [0.05, 0.1) is 7.11 Å². The Hall–Kier alpha value is -1.06. The smallest absolute Gasteiger partial charge is 0.123 e. The third-order valence-corrected chi connectivity index (χ3v) is 5.03. The Morgan fingerprint density at radius 2 is 2.05 bits per heavy atom. The second kappa shape index (κ2) is 5.74. The second-order valence-corrected chi connectivity index (χ2v) is 6.43. The van der Waals surface area contributed by atoms with Crippen LogP contribution in [0.15, 0.2) is 24.3 Å². The van der Waals surface area contributed by atoms with Crippen molar-refractivity contribution in [3.63, 3.8) is 0 Å². The van der Waals surface area contributed by atoms with Gasteiger partial charge in [0, 0.05) is 36.8 Å². The van der Waals surface area contributed by atoms with Crippen molar-refractivity contribution in [3.05, 3.63) is 29.8 Å². The molecule has 0 radical (unpaired) electrons. The molecule has 0 amide bonds. The Balaban J connectivity index is 1.74. The zero-order chi connectivity index (χ0) is 14.0. The van der Waals surface area contributed by atoms with Crippen LogP contribution in [-0.2, 0) is 6.54 Å². The van der Waals surface area contributed by atoms with Crippen LogP contribution in [0.2, 0.25) is 0 Å². The lowest BCUT2D eigenvalue weighted by Gasteiger charge is -2.45. The molecule has 20 heavy (non-hydrogen) atoms. The minimum absolute atomic E-state index is 0.383. The van der Waals surface area contributed by atoms with Crippen molar-refractivity contribution >= 4 is 0 Å². The van der Waals surface area contributed by atoms with E-state index < -0.39 is 0 Å². The molecule has 0 bridgehead atoms. The van der Waals surface area contributed by atoms with Gasteiger partial charge >= 0.3 is 0 Å². The first kappa shape index (κ1) is 13.9. The lowest BCUT2D eigenvalue weighted by Crippen LogP contribution is -2.62. The van der Waals surface area contributed by atoms with E-state index in [2.05, 4.69) is 35.3 Å². The van der Waals surface area contributed by atoms with Crippen LogP contribution in [0, 0.1) is 0 Å². The molecule has 1 saturated heterocycles. The number of nitrogens with zero attached hydrogens (tertiary/aromatic N) is 1. The predicted molar refractivity (Wildman–Crippen MR) is 82.1 cm³/mol. The number of hydrogen-bond donors (Lipinski definition) is 1. The molecule has 1 heterocycles. The predicted octanol–water partition coefficient (Wildman–Crippen LogP) is 2.80. The molecule has 1 aliphatic carbocycles. The number of benzene rings is 1. The molecule has 1 N–H and O–H groups in total. The van der Waals surface area contributed by atoms with Crippen LogP contribution < -0.4 is 10.1 Å². The van der Waals surface area contributed by atoms with Gasteiger partial charge in [0.25, 0.3) is 0 Å². The van der Waals surface area contributed by atoms with Crippen LogP contribution in [0.25, 0.3) is 0 Å². The highest BCUT2D eigenvalue weighted by molar-refractivity contribution is 5.33. The first-order chi connectivity index (χ1) is 9.72. The summed E-state index contributed by atoms with van der Waals surface area (Å²) in [6.45, 7) is 5.60. The Morgan fingerprint density at radius 3 is 2.80 bits per heavy atom. The van der Waals surface area contributed by atoms with E-state index in [-0.39, 0.29) is 0 Å². The van der Waals surface area contributed by atoms with E-state index in [9.17, 15) is 0 Å². The molecule has 1 spiro atoms. The highest BCUT2D eigenvalue weighted by Crippen LogP contribution is 2.34. The number of piperazine rings is 1. The van der Waals surface area contributed by atoms with Crippen LogP contribution in [0.4, 0.5) is 0 Å². The Kier molecular flexibility index (Phi) is 3.99. The highest BCUT2D eigenvalue weighted by atomic mass is 16.5. The van der Waals surface area contributed by atoms with Crippen molar-refractivity contribution in [2.24, 2.45) is 0 Å². The van der Waals surface area contributed by atoms with Gasteiger partial charge in [-0.05, 0) is 25.8 Å². The van der Waals surface area contributed by atoms with Crippen LogP contribution in [-0.4, -0.2) is 36.7 Å². The maximum atomic E-state index is 5.50. The minimum Gasteiger partial charge on any atom is -0.496 e. The molecule has 1 aromatic rings. The SMILES string of the molecule is COc1ccccc1CN1CC2(CCCC2)NCC1C. The molecule has 1 unspecified atom stereocenters. The first-order valence-corrected chi connectivity index (χ1v) is 7.83. The quantitative estimate of drug-likeness (QED) is 0.917. The van der Waals surface area contributed by atoms with Crippen LogP contribution in [0.5, 0.6) is 5.75 Å². The van der Waals surface area contributed by atoms with E-state index in [4.69, 9.17) is 4.74 Å². The molecule has 1 aliphatic heterocycles. The van der Waals surface area contributed by atoms with Crippen molar-refractivity contribution in [2.45, 2.75) is 50.7 Å². The summed E-state index contributed by atoms with van der Waals surface area (Å²) in [6, 6.07) is 8.99. The van der Waals surface area contributed by atoms with E-state index >= 15 is 0 Å². The second-order valence-electron chi connectivity index (χ2n) is 6.43. The van der Waals surface area contributed by atoms with Gasteiger partial charge < -0.3 is 10.1 Å². The fraction of sp³-hybridized carbons (Fsp3) is 0.647. The lowest BCUT2D eigenvalue weighted by molar-refractivity contribution is 0.0819. The normalized spacial score (nSPS) is 26.0. The number of rotatable bonds is 3. The van der Waals surface area contributed by atoms with Gasteiger partial charge in [-0.25, -0.2) is 0 Å². The van der Waals surface area contributed by atoms with Crippen molar-refractivity contribution in [1.82, 2.24) is 10.2 Å². The molecule has 2 aliphatic rings. The van der Waals surface area contributed by atoms with Crippen molar-refractivity contribution < 1.29 is 4.74 Å². The molecule has 110 valence electrons. The summed E-state index contributed by atoms with van der Waals surface area (Å²) in [6.07, 6.45) is 5.43. The molecule has 0 aromatic heterocycles. The van der Waals surface area contributed by atoms with Crippen LogP contribution >= 0.6 is 0 Å². The maximum absolute atomic E-state index is 5.50. The van der Waals surface area contributed by atoms with Crippen LogP contribution in [0.3, 0.4) is 0 Å². The number of nitrogens with one attached hydrogen (secondary N) is 1. The van der Waals surface area contributed by atoms with Crippen molar-refractivity contribution in [3.8, 4) is 5.75 Å². The summed E-state index contributed by atoms with van der Waals surface area (Å²) >= 11 is 0. The summed E-state index contributed by atoms with van der Waals surface area (Å²) in [5.74, 6) is 1.01. The average molecular weight is 274 g/mol. The monoisotopic (exact) mass is 274 g/mol. The average Bonchev–Trinajstić information content (AvgIpc) is 2.92. The molecule has 1 aromatic carbocycles. The molecular formula is C17H26N2O.